The lowest BCUT2D eigenvalue weighted by Gasteiger charge is -2.38. The van der Waals surface area contributed by atoms with Gasteiger partial charge in [0.25, 0.3) is 0 Å². The van der Waals surface area contributed by atoms with Crippen LogP contribution in [0.3, 0.4) is 0 Å². The first-order valence-corrected chi connectivity index (χ1v) is 10.8. The Bertz CT molecular complexity index is 1070. The van der Waals surface area contributed by atoms with E-state index in [1.54, 1.807) is 42.5 Å². The van der Waals surface area contributed by atoms with Gasteiger partial charge in [0.15, 0.2) is 5.78 Å². The second-order valence-electron chi connectivity index (χ2n) is 7.95. The molecule has 164 valence electrons. The van der Waals surface area contributed by atoms with Crippen LogP contribution in [0.1, 0.15) is 22.8 Å². The van der Waals surface area contributed by atoms with E-state index in [0.29, 0.717) is 16.8 Å². The van der Waals surface area contributed by atoms with E-state index in [9.17, 15) is 14.7 Å². The average molecular weight is 430 g/mol. The topological polar surface area (TPSA) is 72.9 Å². The molecule has 1 fully saturated rings. The Labute approximate surface area is 188 Å². The average Bonchev–Trinajstić information content (AvgIpc) is 2.84. The fourth-order valence-corrected chi connectivity index (χ4v) is 3.97. The number of phenolic OH excluding ortho intramolecular Hbond substituents is 1. The largest absolute Gasteiger partial charge is 0.508 e. The maximum Gasteiger partial charge on any atom is 0.241 e. The predicted molar refractivity (Wildman–Crippen MR) is 126 cm³/mol. The summed E-state index contributed by atoms with van der Waals surface area (Å²) in [4.78, 5) is 30.3. The molecule has 0 aromatic heterocycles. The van der Waals surface area contributed by atoms with Crippen LogP contribution in [0.4, 0.5) is 11.4 Å². The van der Waals surface area contributed by atoms with Gasteiger partial charge in [0.1, 0.15) is 5.75 Å². The smallest absolute Gasteiger partial charge is 0.241 e. The van der Waals surface area contributed by atoms with Gasteiger partial charge in [0.2, 0.25) is 5.91 Å². The predicted octanol–water partition coefficient (Wildman–Crippen LogP) is 3.77. The second-order valence-corrected chi connectivity index (χ2v) is 7.95. The normalized spacial score (nSPS) is 15.2. The number of amides is 1. The zero-order valence-corrected chi connectivity index (χ0v) is 18.1. The number of phenols is 1. The minimum absolute atomic E-state index is 0.114. The van der Waals surface area contributed by atoms with Crippen LogP contribution in [0.5, 0.6) is 5.75 Å². The first kappa shape index (κ1) is 21.6. The molecule has 0 bridgehead atoms. The van der Waals surface area contributed by atoms with Gasteiger partial charge in [-0.3, -0.25) is 14.5 Å². The van der Waals surface area contributed by atoms with Gasteiger partial charge in [-0.1, -0.05) is 42.5 Å². The van der Waals surface area contributed by atoms with Crippen LogP contribution in [-0.4, -0.2) is 53.9 Å². The first-order chi connectivity index (χ1) is 15.5. The minimum Gasteiger partial charge on any atom is -0.508 e. The summed E-state index contributed by atoms with van der Waals surface area (Å²) in [5.41, 5.74) is 2.66. The first-order valence-electron chi connectivity index (χ1n) is 10.8. The highest BCUT2D eigenvalue weighted by Gasteiger charge is 2.26. The number of piperazine rings is 1. The van der Waals surface area contributed by atoms with E-state index >= 15 is 0 Å². The maximum atomic E-state index is 13.0. The monoisotopic (exact) mass is 429 g/mol. The quantitative estimate of drug-likeness (QED) is 0.584. The Morgan fingerprint density at radius 3 is 2.16 bits per heavy atom. The van der Waals surface area contributed by atoms with Crippen LogP contribution in [0.25, 0.3) is 0 Å². The van der Waals surface area contributed by atoms with Gasteiger partial charge < -0.3 is 15.3 Å². The third-order valence-corrected chi connectivity index (χ3v) is 5.92. The van der Waals surface area contributed by atoms with E-state index in [1.807, 2.05) is 43.3 Å². The molecular weight excluding hydrogens is 402 g/mol. The van der Waals surface area contributed by atoms with Crippen molar-refractivity contribution < 1.29 is 14.7 Å². The van der Waals surface area contributed by atoms with E-state index in [2.05, 4.69) is 15.1 Å². The Balaban J connectivity index is 1.39. The number of hydrogen-bond donors (Lipinski definition) is 2. The SMILES string of the molecule is CC(C(=O)Nc1ccccc1C(=O)c1ccccc1)N1CCN(c2ccc(O)cc2)CC1. The number of anilines is 2. The standard InChI is InChI=1S/C26H27N3O3/c1-19(28-15-17-29(18-16-28)21-11-13-22(30)14-12-21)26(32)27-24-10-6-5-9-23(24)25(31)20-7-3-2-4-8-20/h2-14,19,30H,15-18H2,1H3,(H,27,32). The molecule has 1 atom stereocenters. The Morgan fingerprint density at radius 2 is 1.47 bits per heavy atom. The van der Waals surface area contributed by atoms with E-state index < -0.39 is 0 Å². The van der Waals surface area contributed by atoms with Gasteiger partial charge in [-0.15, -0.1) is 0 Å². The fourth-order valence-electron chi connectivity index (χ4n) is 3.97. The van der Waals surface area contributed by atoms with Gasteiger partial charge in [0.05, 0.1) is 11.7 Å². The molecular formula is C26H27N3O3. The van der Waals surface area contributed by atoms with Crippen LogP contribution < -0.4 is 10.2 Å². The van der Waals surface area contributed by atoms with Crippen LogP contribution in [0.15, 0.2) is 78.9 Å². The van der Waals surface area contributed by atoms with Crippen LogP contribution >= 0.6 is 0 Å². The van der Waals surface area contributed by atoms with Crippen LogP contribution in [0.2, 0.25) is 0 Å². The van der Waals surface area contributed by atoms with Crippen molar-refractivity contribution in [3.63, 3.8) is 0 Å². The molecule has 6 nitrogen and oxygen atoms in total. The molecule has 1 heterocycles. The highest BCUT2D eigenvalue weighted by molar-refractivity contribution is 6.14. The van der Waals surface area contributed by atoms with E-state index in [4.69, 9.17) is 0 Å². The molecule has 3 aromatic rings. The number of para-hydroxylation sites is 1. The lowest BCUT2D eigenvalue weighted by atomic mass is 10.0. The zero-order chi connectivity index (χ0) is 22.5. The third kappa shape index (κ3) is 4.81. The van der Waals surface area contributed by atoms with Crippen molar-refractivity contribution in [1.29, 1.82) is 0 Å². The van der Waals surface area contributed by atoms with Crippen molar-refractivity contribution >= 4 is 23.1 Å². The molecule has 6 heteroatoms. The molecule has 1 aliphatic heterocycles. The lowest BCUT2D eigenvalue weighted by molar-refractivity contribution is -0.120. The number of carbonyl (C=O) groups is 2. The number of benzene rings is 3. The molecule has 1 aliphatic rings. The molecule has 0 aliphatic carbocycles. The van der Waals surface area contributed by atoms with Gasteiger partial charge in [-0.2, -0.15) is 0 Å². The number of ketones is 1. The van der Waals surface area contributed by atoms with Gasteiger partial charge in [-0.25, -0.2) is 0 Å². The van der Waals surface area contributed by atoms with Crippen molar-refractivity contribution in [2.45, 2.75) is 13.0 Å². The molecule has 32 heavy (non-hydrogen) atoms. The molecule has 1 saturated heterocycles. The number of aromatic hydroxyl groups is 1. The molecule has 1 amide bonds. The minimum atomic E-state index is -0.322. The maximum absolute atomic E-state index is 13.0. The summed E-state index contributed by atoms with van der Waals surface area (Å²) in [6.07, 6.45) is 0. The molecule has 0 spiro atoms. The second kappa shape index (κ2) is 9.66. The number of hydrogen-bond acceptors (Lipinski definition) is 5. The van der Waals surface area contributed by atoms with Crippen molar-refractivity contribution in [3.05, 3.63) is 90.0 Å². The third-order valence-electron chi connectivity index (χ3n) is 5.92. The van der Waals surface area contributed by atoms with Crippen LogP contribution in [0, 0.1) is 0 Å². The summed E-state index contributed by atoms with van der Waals surface area (Å²) in [5.74, 6) is 0.0109. The number of nitrogens with one attached hydrogen (secondary N) is 1. The molecule has 0 saturated carbocycles. The van der Waals surface area contributed by atoms with Gasteiger partial charge in [0, 0.05) is 43.0 Å². The summed E-state index contributed by atoms with van der Waals surface area (Å²) >= 11 is 0. The van der Waals surface area contributed by atoms with E-state index in [0.717, 1.165) is 31.9 Å². The molecule has 0 radical (unpaired) electrons. The molecule has 3 aromatic carbocycles. The van der Waals surface area contributed by atoms with Gasteiger partial charge in [-0.05, 0) is 43.3 Å². The zero-order valence-electron chi connectivity index (χ0n) is 18.1. The Hall–Kier alpha value is -3.64. The number of rotatable bonds is 6. The van der Waals surface area contributed by atoms with Crippen LogP contribution in [-0.2, 0) is 4.79 Å². The highest BCUT2D eigenvalue weighted by atomic mass is 16.3. The Kier molecular flexibility index (Phi) is 6.52. The molecule has 2 N–H and O–H groups in total. The summed E-state index contributed by atoms with van der Waals surface area (Å²) < 4.78 is 0. The number of carbonyl (C=O) groups excluding carboxylic acids is 2. The summed E-state index contributed by atoms with van der Waals surface area (Å²) in [6, 6.07) is 23.1. The van der Waals surface area contributed by atoms with Crippen molar-refractivity contribution in [2.24, 2.45) is 0 Å². The van der Waals surface area contributed by atoms with Crippen molar-refractivity contribution in [3.8, 4) is 5.75 Å². The van der Waals surface area contributed by atoms with Crippen molar-refractivity contribution in [1.82, 2.24) is 4.90 Å². The number of nitrogens with zero attached hydrogens (tertiary/aromatic N) is 2. The lowest BCUT2D eigenvalue weighted by Crippen LogP contribution is -2.52. The summed E-state index contributed by atoms with van der Waals surface area (Å²) in [6.45, 7) is 4.99. The van der Waals surface area contributed by atoms with Crippen molar-refractivity contribution in [2.75, 3.05) is 36.4 Å². The fraction of sp³-hybridized carbons (Fsp3) is 0.231. The summed E-state index contributed by atoms with van der Waals surface area (Å²) in [5, 5.41) is 12.4. The van der Waals surface area contributed by atoms with E-state index in [-0.39, 0.29) is 23.5 Å². The Morgan fingerprint density at radius 1 is 0.844 bits per heavy atom. The molecule has 4 rings (SSSR count). The summed E-state index contributed by atoms with van der Waals surface area (Å²) in [7, 11) is 0. The van der Waals surface area contributed by atoms with Gasteiger partial charge >= 0.3 is 0 Å². The molecule has 1 unspecified atom stereocenters. The van der Waals surface area contributed by atoms with E-state index in [1.165, 1.54) is 0 Å². The highest BCUT2D eigenvalue weighted by Crippen LogP contribution is 2.22.